The minimum absolute atomic E-state index is 0.272. The molecular weight excluding hydrogens is 469 g/mol. The maximum atomic E-state index is 11.9. The quantitative estimate of drug-likeness (QED) is 0.476. The molecule has 4 N–H and O–H groups in total. The molecule has 1 aromatic carbocycles. The minimum atomic E-state index is -5.08. The summed E-state index contributed by atoms with van der Waals surface area (Å²) in [4.78, 5) is 25.4. The number of hydrogen-bond donors (Lipinski definition) is 3. The summed E-state index contributed by atoms with van der Waals surface area (Å²) in [7, 11) is 1.63. The van der Waals surface area contributed by atoms with Crippen LogP contribution in [0.2, 0.25) is 0 Å². The van der Waals surface area contributed by atoms with Crippen molar-refractivity contribution in [3.05, 3.63) is 53.3 Å². The van der Waals surface area contributed by atoms with Crippen molar-refractivity contribution in [3.8, 4) is 28.3 Å². The molecule has 0 spiro atoms. The number of nitrogens with zero attached hydrogens (tertiary/aromatic N) is 3. The number of nitrogens with two attached hydrogens (primary N) is 1. The van der Waals surface area contributed by atoms with Crippen LogP contribution < -0.4 is 10.5 Å². The van der Waals surface area contributed by atoms with E-state index in [4.69, 9.17) is 20.4 Å². The molecule has 1 aliphatic carbocycles. The summed E-state index contributed by atoms with van der Waals surface area (Å²) >= 11 is 0. The highest BCUT2D eigenvalue weighted by Gasteiger charge is 2.38. The Morgan fingerprint density at radius 3 is 2.51 bits per heavy atom. The molecule has 186 valence electrons. The van der Waals surface area contributed by atoms with Crippen LogP contribution in [0, 0.1) is 0 Å². The highest BCUT2D eigenvalue weighted by molar-refractivity contribution is 5.91. The van der Waals surface area contributed by atoms with Gasteiger partial charge in [-0.3, -0.25) is 9.67 Å². The number of aromatic carboxylic acids is 1. The number of rotatable bonds is 6. The number of hydrogen-bond acceptors (Lipinski definition) is 6. The van der Waals surface area contributed by atoms with E-state index in [-0.39, 0.29) is 5.69 Å². The number of aromatic nitrogens is 3. The Balaban J connectivity index is 0.000000429. The minimum Gasteiger partial charge on any atom is -0.497 e. The van der Waals surface area contributed by atoms with Gasteiger partial charge in [-0.15, -0.1) is 0 Å². The number of methoxy groups -OCH3 is 1. The third-order valence-corrected chi connectivity index (χ3v) is 5.32. The molecule has 3 aromatic rings. The fraction of sp³-hybridized carbons (Fsp3) is 0.304. The summed E-state index contributed by atoms with van der Waals surface area (Å²) in [6, 6.07) is 9.71. The average Bonchev–Trinajstić information content (AvgIpc) is 3.21. The number of ether oxygens (including phenoxy) is 1. The first kappa shape index (κ1) is 25.7. The van der Waals surface area contributed by atoms with Gasteiger partial charge in [0.05, 0.1) is 18.5 Å². The second-order valence-corrected chi connectivity index (χ2v) is 7.61. The van der Waals surface area contributed by atoms with E-state index < -0.39 is 18.1 Å². The van der Waals surface area contributed by atoms with Gasteiger partial charge in [0.1, 0.15) is 11.4 Å². The van der Waals surface area contributed by atoms with Gasteiger partial charge < -0.3 is 20.7 Å². The summed E-state index contributed by atoms with van der Waals surface area (Å²) in [5, 5.41) is 21.5. The zero-order valence-corrected chi connectivity index (χ0v) is 18.7. The number of fused-ring (bicyclic) bond motifs is 3. The molecule has 12 heteroatoms. The Hall–Kier alpha value is -3.93. The van der Waals surface area contributed by atoms with E-state index in [1.807, 2.05) is 36.5 Å². The number of pyridine rings is 1. The lowest BCUT2D eigenvalue weighted by atomic mass is 9.89. The van der Waals surface area contributed by atoms with E-state index in [1.165, 1.54) is 0 Å². The molecule has 0 unspecified atom stereocenters. The number of benzene rings is 1. The van der Waals surface area contributed by atoms with E-state index >= 15 is 0 Å². The predicted molar refractivity (Wildman–Crippen MR) is 119 cm³/mol. The van der Waals surface area contributed by atoms with Crippen LogP contribution in [0.15, 0.2) is 36.5 Å². The van der Waals surface area contributed by atoms with Gasteiger partial charge in [0.15, 0.2) is 0 Å². The molecule has 0 saturated carbocycles. The lowest BCUT2D eigenvalue weighted by molar-refractivity contribution is -0.192. The molecule has 35 heavy (non-hydrogen) atoms. The van der Waals surface area contributed by atoms with Crippen molar-refractivity contribution in [2.24, 2.45) is 5.73 Å². The van der Waals surface area contributed by atoms with Crippen LogP contribution in [0.3, 0.4) is 0 Å². The lowest BCUT2D eigenvalue weighted by Gasteiger charge is -2.16. The number of aliphatic carboxylic acids is 1. The van der Waals surface area contributed by atoms with Gasteiger partial charge in [-0.1, -0.05) is 12.1 Å². The fourth-order valence-corrected chi connectivity index (χ4v) is 3.70. The van der Waals surface area contributed by atoms with Crippen LogP contribution in [0.25, 0.3) is 22.5 Å². The van der Waals surface area contributed by atoms with Gasteiger partial charge in [-0.05, 0) is 49.6 Å². The van der Waals surface area contributed by atoms with Crippen LogP contribution in [-0.2, 0) is 24.2 Å². The van der Waals surface area contributed by atoms with Crippen LogP contribution in [0.4, 0.5) is 13.2 Å². The van der Waals surface area contributed by atoms with Gasteiger partial charge in [-0.25, -0.2) is 9.59 Å². The summed E-state index contributed by atoms with van der Waals surface area (Å²) in [6.07, 6.45) is -1.14. The number of carboxylic acids is 2. The molecular formula is C23H23F3N4O5. The maximum absolute atomic E-state index is 11.9. The monoisotopic (exact) mass is 492 g/mol. The topological polar surface area (TPSA) is 141 Å². The SMILES string of the molecule is COc1cccc(-c2cc3c(cn2)CCc2c-3nn(CCCN)c2C(=O)O)c1.O=C(O)C(F)(F)F. The highest BCUT2D eigenvalue weighted by Crippen LogP contribution is 2.36. The molecule has 0 aliphatic heterocycles. The summed E-state index contributed by atoms with van der Waals surface area (Å²) in [6.45, 7) is 0.984. The van der Waals surface area contributed by atoms with E-state index in [2.05, 4.69) is 10.1 Å². The maximum Gasteiger partial charge on any atom is 0.490 e. The van der Waals surface area contributed by atoms with Gasteiger partial charge in [0, 0.05) is 29.4 Å². The largest absolute Gasteiger partial charge is 0.497 e. The van der Waals surface area contributed by atoms with Crippen LogP contribution >= 0.6 is 0 Å². The zero-order chi connectivity index (χ0) is 25.8. The van der Waals surface area contributed by atoms with Gasteiger partial charge >= 0.3 is 18.1 Å². The summed E-state index contributed by atoms with van der Waals surface area (Å²) in [5.41, 5.74) is 11.2. The molecule has 0 atom stereocenters. The highest BCUT2D eigenvalue weighted by atomic mass is 19.4. The predicted octanol–water partition coefficient (Wildman–Crippen LogP) is 3.40. The van der Waals surface area contributed by atoms with Crippen molar-refractivity contribution in [2.75, 3.05) is 13.7 Å². The summed E-state index contributed by atoms with van der Waals surface area (Å²) in [5.74, 6) is -2.94. The molecule has 1 aliphatic rings. The van der Waals surface area contributed by atoms with E-state index in [1.54, 1.807) is 11.8 Å². The Morgan fingerprint density at radius 2 is 1.91 bits per heavy atom. The third-order valence-electron chi connectivity index (χ3n) is 5.32. The van der Waals surface area contributed by atoms with Crippen LogP contribution in [0.5, 0.6) is 5.75 Å². The lowest BCUT2D eigenvalue weighted by Crippen LogP contribution is -2.21. The van der Waals surface area contributed by atoms with Crippen molar-refractivity contribution in [1.29, 1.82) is 0 Å². The van der Waals surface area contributed by atoms with Crippen molar-refractivity contribution < 1.29 is 37.7 Å². The van der Waals surface area contributed by atoms with Crippen molar-refractivity contribution >= 4 is 11.9 Å². The van der Waals surface area contributed by atoms with E-state index in [0.717, 1.165) is 45.8 Å². The number of carboxylic acid groups (broad SMARTS) is 2. The van der Waals surface area contributed by atoms with E-state index in [9.17, 15) is 23.1 Å². The molecule has 0 amide bonds. The second kappa shape index (κ2) is 10.6. The Bertz CT molecular complexity index is 1240. The number of alkyl halides is 3. The van der Waals surface area contributed by atoms with Crippen molar-refractivity contribution in [1.82, 2.24) is 14.8 Å². The molecule has 0 radical (unpaired) electrons. The number of carbonyl (C=O) groups is 2. The number of halogens is 3. The Labute approximate surface area is 198 Å². The summed E-state index contributed by atoms with van der Waals surface area (Å²) < 4.78 is 38.6. The number of aryl methyl sites for hydroxylation is 2. The normalized spacial score (nSPS) is 12.1. The van der Waals surface area contributed by atoms with Gasteiger partial charge in [0.2, 0.25) is 0 Å². The first-order chi connectivity index (χ1) is 16.6. The Kier molecular flexibility index (Phi) is 7.75. The van der Waals surface area contributed by atoms with Crippen molar-refractivity contribution in [3.63, 3.8) is 0 Å². The van der Waals surface area contributed by atoms with Gasteiger partial charge in [-0.2, -0.15) is 18.3 Å². The second-order valence-electron chi connectivity index (χ2n) is 7.61. The first-order valence-corrected chi connectivity index (χ1v) is 10.5. The molecule has 0 bridgehead atoms. The van der Waals surface area contributed by atoms with E-state index in [0.29, 0.717) is 25.9 Å². The van der Waals surface area contributed by atoms with Crippen LogP contribution in [-0.4, -0.2) is 56.7 Å². The molecule has 0 fully saturated rings. The average molecular weight is 492 g/mol. The Morgan fingerprint density at radius 1 is 1.20 bits per heavy atom. The first-order valence-electron chi connectivity index (χ1n) is 10.5. The third kappa shape index (κ3) is 5.77. The zero-order valence-electron chi connectivity index (χ0n) is 18.7. The standard InChI is InChI=1S/C21H22N4O3.C2HF3O2/c1-28-15-5-2-4-13(10-15)18-11-17-14(12-23-18)6-7-16-19(17)24-25(9-3-8-22)20(16)21(26)27;3-2(4,5)1(6)7/h2,4-5,10-12H,3,6-9,22H2,1H3,(H,26,27);(H,6,7). The smallest absolute Gasteiger partial charge is 0.490 e. The molecule has 2 heterocycles. The molecule has 0 saturated heterocycles. The molecule has 9 nitrogen and oxygen atoms in total. The molecule has 2 aromatic heterocycles. The van der Waals surface area contributed by atoms with Crippen LogP contribution in [0.1, 0.15) is 28.0 Å². The molecule has 4 rings (SSSR count). The van der Waals surface area contributed by atoms with Gasteiger partial charge in [0.25, 0.3) is 0 Å². The van der Waals surface area contributed by atoms with Crippen molar-refractivity contribution in [2.45, 2.75) is 32.0 Å². The fourth-order valence-electron chi connectivity index (χ4n) is 3.70.